The Morgan fingerprint density at radius 2 is 1.71 bits per heavy atom. The normalized spacial score (nSPS) is 10.1. The molecular formula is C15H13BrFNO3. The van der Waals surface area contributed by atoms with Gasteiger partial charge in [-0.3, -0.25) is 4.79 Å². The molecule has 0 aromatic heterocycles. The minimum atomic E-state index is -0.393. The van der Waals surface area contributed by atoms with Crippen molar-refractivity contribution < 1.29 is 18.7 Å². The molecule has 0 saturated heterocycles. The average Bonchev–Trinajstić information content (AvgIpc) is 2.50. The molecule has 2 aromatic rings. The topological polar surface area (TPSA) is 47.6 Å². The molecule has 0 aliphatic rings. The second-order valence-corrected chi connectivity index (χ2v) is 5.04. The summed E-state index contributed by atoms with van der Waals surface area (Å²) in [6.45, 7) is 0. The summed E-state index contributed by atoms with van der Waals surface area (Å²) < 4.78 is 23.7. The van der Waals surface area contributed by atoms with Gasteiger partial charge in [-0.2, -0.15) is 0 Å². The van der Waals surface area contributed by atoms with E-state index in [4.69, 9.17) is 9.47 Å². The zero-order valence-corrected chi connectivity index (χ0v) is 13.0. The van der Waals surface area contributed by atoms with Gasteiger partial charge < -0.3 is 14.8 Å². The highest BCUT2D eigenvalue weighted by Crippen LogP contribution is 2.24. The summed E-state index contributed by atoms with van der Waals surface area (Å²) in [6.07, 6.45) is 0. The maximum atomic E-state index is 13.2. The highest BCUT2D eigenvalue weighted by atomic mass is 79.9. The van der Waals surface area contributed by atoms with E-state index in [2.05, 4.69) is 21.2 Å². The highest BCUT2D eigenvalue weighted by molar-refractivity contribution is 9.10. The Morgan fingerprint density at radius 1 is 1.10 bits per heavy atom. The lowest BCUT2D eigenvalue weighted by atomic mass is 10.2. The Hall–Kier alpha value is -2.08. The number of carbonyl (C=O) groups excluding carboxylic acids is 1. The largest absolute Gasteiger partial charge is 0.497 e. The van der Waals surface area contributed by atoms with E-state index in [0.29, 0.717) is 22.7 Å². The molecule has 0 radical (unpaired) electrons. The van der Waals surface area contributed by atoms with Crippen LogP contribution >= 0.6 is 15.9 Å². The SMILES string of the molecule is COc1cc(OC)cc(C(=O)Nc2ccc(F)c(Br)c2)c1. The van der Waals surface area contributed by atoms with Gasteiger partial charge in [0.05, 0.1) is 18.7 Å². The van der Waals surface area contributed by atoms with Crippen LogP contribution in [0.2, 0.25) is 0 Å². The van der Waals surface area contributed by atoms with E-state index in [1.165, 1.54) is 32.4 Å². The summed E-state index contributed by atoms with van der Waals surface area (Å²) >= 11 is 3.07. The van der Waals surface area contributed by atoms with Gasteiger partial charge in [0.25, 0.3) is 5.91 Å². The number of nitrogens with one attached hydrogen (secondary N) is 1. The highest BCUT2D eigenvalue weighted by Gasteiger charge is 2.11. The lowest BCUT2D eigenvalue weighted by Gasteiger charge is -2.09. The van der Waals surface area contributed by atoms with Crippen LogP contribution in [0.5, 0.6) is 11.5 Å². The minimum absolute atomic E-state index is 0.281. The zero-order chi connectivity index (χ0) is 15.4. The predicted molar refractivity (Wildman–Crippen MR) is 81.6 cm³/mol. The number of carbonyl (C=O) groups is 1. The fourth-order valence-corrected chi connectivity index (χ4v) is 2.09. The molecule has 1 amide bonds. The van der Waals surface area contributed by atoms with Crippen LogP contribution in [0.3, 0.4) is 0 Å². The van der Waals surface area contributed by atoms with Crippen molar-refractivity contribution in [3.05, 3.63) is 52.3 Å². The van der Waals surface area contributed by atoms with Crippen molar-refractivity contribution in [2.24, 2.45) is 0 Å². The van der Waals surface area contributed by atoms with Gasteiger partial charge >= 0.3 is 0 Å². The first-order valence-corrected chi connectivity index (χ1v) is 6.82. The van der Waals surface area contributed by atoms with Crippen molar-refractivity contribution in [1.82, 2.24) is 0 Å². The van der Waals surface area contributed by atoms with Crippen molar-refractivity contribution in [2.75, 3.05) is 19.5 Å². The summed E-state index contributed by atoms with van der Waals surface area (Å²) in [5.41, 5.74) is 0.863. The van der Waals surface area contributed by atoms with Gasteiger partial charge in [0.2, 0.25) is 0 Å². The van der Waals surface area contributed by atoms with Crippen LogP contribution in [0.4, 0.5) is 10.1 Å². The lowest BCUT2D eigenvalue weighted by Crippen LogP contribution is -2.12. The fraction of sp³-hybridized carbons (Fsp3) is 0.133. The van der Waals surface area contributed by atoms with E-state index < -0.39 is 5.82 Å². The molecule has 0 heterocycles. The molecule has 2 rings (SSSR count). The molecule has 0 spiro atoms. The molecule has 0 saturated carbocycles. The average molecular weight is 354 g/mol. The Morgan fingerprint density at radius 3 is 2.24 bits per heavy atom. The van der Waals surface area contributed by atoms with Crippen molar-refractivity contribution in [2.45, 2.75) is 0 Å². The molecular weight excluding hydrogens is 341 g/mol. The number of hydrogen-bond acceptors (Lipinski definition) is 3. The van der Waals surface area contributed by atoms with Gasteiger partial charge in [-0.25, -0.2) is 4.39 Å². The molecule has 0 aliphatic carbocycles. The van der Waals surface area contributed by atoms with Crippen LogP contribution in [0, 0.1) is 5.82 Å². The Balaban J connectivity index is 2.25. The summed E-state index contributed by atoms with van der Waals surface area (Å²) in [4.78, 5) is 12.2. The van der Waals surface area contributed by atoms with Crippen LogP contribution in [-0.4, -0.2) is 20.1 Å². The maximum absolute atomic E-state index is 13.2. The number of hydrogen-bond donors (Lipinski definition) is 1. The third kappa shape index (κ3) is 3.72. The minimum Gasteiger partial charge on any atom is -0.497 e. The van der Waals surface area contributed by atoms with Crippen LogP contribution in [-0.2, 0) is 0 Å². The molecule has 110 valence electrons. The van der Waals surface area contributed by atoms with E-state index in [1.807, 2.05) is 0 Å². The van der Waals surface area contributed by atoms with Gasteiger partial charge in [0.1, 0.15) is 17.3 Å². The first-order valence-electron chi connectivity index (χ1n) is 6.03. The van der Waals surface area contributed by atoms with Crippen molar-refractivity contribution in [3.63, 3.8) is 0 Å². The second kappa shape index (κ2) is 6.58. The standard InChI is InChI=1S/C15H13BrFNO3/c1-20-11-5-9(6-12(8-11)21-2)15(19)18-10-3-4-14(17)13(16)7-10/h3-8H,1-2H3,(H,18,19). The number of amides is 1. The molecule has 0 atom stereocenters. The second-order valence-electron chi connectivity index (χ2n) is 4.18. The van der Waals surface area contributed by atoms with E-state index in [9.17, 15) is 9.18 Å². The molecule has 0 fully saturated rings. The number of benzene rings is 2. The quantitative estimate of drug-likeness (QED) is 0.907. The number of halogens is 2. The van der Waals surface area contributed by atoms with E-state index >= 15 is 0 Å². The van der Waals surface area contributed by atoms with Gasteiger partial charge in [-0.05, 0) is 46.3 Å². The fourth-order valence-electron chi connectivity index (χ4n) is 1.72. The molecule has 0 unspecified atom stereocenters. The molecule has 21 heavy (non-hydrogen) atoms. The van der Waals surface area contributed by atoms with E-state index in [0.717, 1.165) is 0 Å². The molecule has 2 aromatic carbocycles. The Bertz CT molecular complexity index is 654. The number of methoxy groups -OCH3 is 2. The first-order chi connectivity index (χ1) is 10.0. The van der Waals surface area contributed by atoms with Gasteiger partial charge in [-0.1, -0.05) is 0 Å². The van der Waals surface area contributed by atoms with Crippen LogP contribution < -0.4 is 14.8 Å². The first kappa shape index (κ1) is 15.3. The molecule has 1 N–H and O–H groups in total. The summed E-state index contributed by atoms with van der Waals surface area (Å²) in [5, 5.41) is 2.68. The molecule has 4 nitrogen and oxygen atoms in total. The predicted octanol–water partition coefficient (Wildman–Crippen LogP) is 3.86. The summed E-state index contributed by atoms with van der Waals surface area (Å²) in [6, 6.07) is 9.10. The van der Waals surface area contributed by atoms with Crippen molar-refractivity contribution >= 4 is 27.5 Å². The van der Waals surface area contributed by atoms with E-state index in [1.54, 1.807) is 18.2 Å². The van der Waals surface area contributed by atoms with Gasteiger partial charge in [0, 0.05) is 17.3 Å². The third-order valence-electron chi connectivity index (χ3n) is 2.79. The molecule has 0 bridgehead atoms. The summed E-state index contributed by atoms with van der Waals surface area (Å²) in [7, 11) is 3.01. The third-order valence-corrected chi connectivity index (χ3v) is 3.40. The molecule has 0 aliphatic heterocycles. The van der Waals surface area contributed by atoms with Gasteiger partial charge in [0.15, 0.2) is 0 Å². The van der Waals surface area contributed by atoms with Crippen LogP contribution in [0.1, 0.15) is 10.4 Å². The van der Waals surface area contributed by atoms with Gasteiger partial charge in [-0.15, -0.1) is 0 Å². The number of ether oxygens (including phenoxy) is 2. The van der Waals surface area contributed by atoms with Crippen LogP contribution in [0.15, 0.2) is 40.9 Å². The Kier molecular flexibility index (Phi) is 4.80. The number of rotatable bonds is 4. The smallest absolute Gasteiger partial charge is 0.255 e. The lowest BCUT2D eigenvalue weighted by molar-refractivity contribution is 0.102. The van der Waals surface area contributed by atoms with Crippen molar-refractivity contribution in [3.8, 4) is 11.5 Å². The van der Waals surface area contributed by atoms with Crippen molar-refractivity contribution in [1.29, 1.82) is 0 Å². The Labute approximate surface area is 130 Å². The van der Waals surface area contributed by atoms with E-state index in [-0.39, 0.29) is 10.4 Å². The maximum Gasteiger partial charge on any atom is 0.255 e. The number of anilines is 1. The zero-order valence-electron chi connectivity index (χ0n) is 11.4. The summed E-state index contributed by atoms with van der Waals surface area (Å²) in [5.74, 6) is 0.293. The van der Waals surface area contributed by atoms with Crippen LogP contribution in [0.25, 0.3) is 0 Å². The molecule has 6 heteroatoms. The monoisotopic (exact) mass is 353 g/mol.